The predicted molar refractivity (Wildman–Crippen MR) is 90.6 cm³/mol. The summed E-state index contributed by atoms with van der Waals surface area (Å²) in [5.74, 6) is 1.70. The molecule has 0 unspecified atom stereocenters. The lowest BCUT2D eigenvalue weighted by atomic mass is 10.0. The Balaban J connectivity index is 2.46. The van der Waals surface area contributed by atoms with Gasteiger partial charge in [0.15, 0.2) is 0 Å². The Bertz CT molecular complexity index is 642. The van der Waals surface area contributed by atoms with Gasteiger partial charge in [-0.15, -0.1) is 0 Å². The van der Waals surface area contributed by atoms with Crippen molar-refractivity contribution >= 4 is 0 Å². The molecule has 0 aliphatic rings. The van der Waals surface area contributed by atoms with Crippen molar-refractivity contribution < 1.29 is 9.47 Å². The zero-order chi connectivity index (χ0) is 16.3. The number of hydrogen-bond donors (Lipinski definition) is 0. The molecule has 0 spiro atoms. The second-order valence-electron chi connectivity index (χ2n) is 6.71. The van der Waals surface area contributed by atoms with E-state index in [0.29, 0.717) is 0 Å². The van der Waals surface area contributed by atoms with Gasteiger partial charge in [0.1, 0.15) is 17.1 Å². The van der Waals surface area contributed by atoms with Gasteiger partial charge in [-0.05, 0) is 59.2 Å². The van der Waals surface area contributed by atoms with Crippen LogP contribution in [0.1, 0.15) is 40.2 Å². The molecule has 0 fully saturated rings. The quantitative estimate of drug-likeness (QED) is 0.794. The highest BCUT2D eigenvalue weighted by Gasteiger charge is 2.18. The van der Waals surface area contributed by atoms with E-state index in [1.165, 1.54) is 0 Å². The molecule has 1 aromatic carbocycles. The Morgan fingerprint density at radius 2 is 1.82 bits per heavy atom. The normalized spacial score (nSPS) is 11.6. The fourth-order valence-electron chi connectivity index (χ4n) is 2.20. The smallest absolute Gasteiger partial charge is 0.132 e. The van der Waals surface area contributed by atoms with Crippen LogP contribution in [-0.4, -0.2) is 16.7 Å². The van der Waals surface area contributed by atoms with Crippen molar-refractivity contribution in [1.29, 1.82) is 0 Å². The van der Waals surface area contributed by atoms with Gasteiger partial charge >= 0.3 is 0 Å². The van der Waals surface area contributed by atoms with Crippen LogP contribution in [0.4, 0.5) is 0 Å². The number of para-hydroxylation sites is 1. The molecule has 2 aromatic rings. The summed E-state index contributed by atoms with van der Waals surface area (Å²) < 4.78 is 11.9. The standard InChI is InChI=1S/C19H25NO2/c1-13(2)21-15-10-11-20-17(12-15)16-9-7-8-14(3)18(16)22-19(4,5)6/h7-13H,1-6H3. The summed E-state index contributed by atoms with van der Waals surface area (Å²) in [6, 6.07) is 9.96. The van der Waals surface area contributed by atoms with E-state index in [9.17, 15) is 0 Å². The summed E-state index contributed by atoms with van der Waals surface area (Å²) in [6.45, 7) is 12.2. The SMILES string of the molecule is Cc1cccc(-c2cc(OC(C)C)ccn2)c1OC(C)(C)C. The van der Waals surface area contributed by atoms with Crippen LogP contribution in [0, 0.1) is 6.92 Å². The van der Waals surface area contributed by atoms with E-state index in [-0.39, 0.29) is 11.7 Å². The van der Waals surface area contributed by atoms with Crippen molar-refractivity contribution in [3.05, 3.63) is 42.1 Å². The molecule has 0 saturated carbocycles. The molecule has 3 nitrogen and oxygen atoms in total. The molecule has 0 bridgehead atoms. The highest BCUT2D eigenvalue weighted by Crippen LogP contribution is 2.35. The minimum absolute atomic E-state index is 0.137. The van der Waals surface area contributed by atoms with Crippen LogP contribution in [0.5, 0.6) is 11.5 Å². The van der Waals surface area contributed by atoms with Crippen molar-refractivity contribution in [2.45, 2.75) is 53.2 Å². The molecule has 0 atom stereocenters. The van der Waals surface area contributed by atoms with Gasteiger partial charge in [0.05, 0.1) is 11.8 Å². The zero-order valence-electron chi connectivity index (χ0n) is 14.3. The number of pyridine rings is 1. The number of nitrogens with zero attached hydrogens (tertiary/aromatic N) is 1. The van der Waals surface area contributed by atoms with Gasteiger partial charge in [-0.3, -0.25) is 4.98 Å². The third-order valence-electron chi connectivity index (χ3n) is 3.00. The molecular formula is C19H25NO2. The van der Waals surface area contributed by atoms with Crippen LogP contribution in [0.15, 0.2) is 36.5 Å². The number of aryl methyl sites for hydroxylation is 1. The fraction of sp³-hybridized carbons (Fsp3) is 0.421. The number of rotatable bonds is 4. The molecule has 0 amide bonds. The third kappa shape index (κ3) is 4.23. The van der Waals surface area contributed by atoms with E-state index in [2.05, 4.69) is 38.7 Å². The van der Waals surface area contributed by atoms with Gasteiger partial charge in [-0.2, -0.15) is 0 Å². The number of ether oxygens (including phenoxy) is 2. The number of benzene rings is 1. The molecule has 1 heterocycles. The van der Waals surface area contributed by atoms with E-state index in [1.54, 1.807) is 6.20 Å². The first-order chi connectivity index (χ1) is 10.3. The molecule has 0 saturated heterocycles. The minimum Gasteiger partial charge on any atom is -0.491 e. The summed E-state index contributed by atoms with van der Waals surface area (Å²) in [6.07, 6.45) is 1.91. The summed E-state index contributed by atoms with van der Waals surface area (Å²) in [5, 5.41) is 0. The molecule has 118 valence electrons. The van der Waals surface area contributed by atoms with Gasteiger partial charge in [0, 0.05) is 17.8 Å². The monoisotopic (exact) mass is 299 g/mol. The van der Waals surface area contributed by atoms with Crippen LogP contribution in [0.3, 0.4) is 0 Å². The summed E-state index contributed by atoms with van der Waals surface area (Å²) in [5.41, 5.74) is 2.70. The number of hydrogen-bond acceptors (Lipinski definition) is 3. The average Bonchev–Trinajstić information content (AvgIpc) is 2.39. The second-order valence-corrected chi connectivity index (χ2v) is 6.71. The van der Waals surface area contributed by atoms with Gasteiger partial charge in [-0.1, -0.05) is 12.1 Å². The molecule has 0 N–H and O–H groups in total. The van der Waals surface area contributed by atoms with E-state index >= 15 is 0 Å². The highest BCUT2D eigenvalue weighted by molar-refractivity contribution is 5.70. The fourth-order valence-corrected chi connectivity index (χ4v) is 2.20. The molecule has 0 aliphatic heterocycles. The van der Waals surface area contributed by atoms with E-state index in [4.69, 9.17) is 9.47 Å². The lowest BCUT2D eigenvalue weighted by Gasteiger charge is -2.24. The van der Waals surface area contributed by atoms with Crippen LogP contribution in [0.25, 0.3) is 11.3 Å². The number of aromatic nitrogens is 1. The van der Waals surface area contributed by atoms with Gasteiger partial charge < -0.3 is 9.47 Å². The lowest BCUT2D eigenvalue weighted by Crippen LogP contribution is -2.23. The Morgan fingerprint density at radius 3 is 2.45 bits per heavy atom. The molecular weight excluding hydrogens is 274 g/mol. The van der Waals surface area contributed by atoms with Crippen molar-refractivity contribution in [3.63, 3.8) is 0 Å². The maximum atomic E-state index is 6.16. The van der Waals surface area contributed by atoms with Crippen molar-refractivity contribution in [1.82, 2.24) is 4.98 Å². The molecule has 2 rings (SSSR count). The Morgan fingerprint density at radius 1 is 1.09 bits per heavy atom. The molecule has 3 heteroatoms. The first-order valence-electron chi connectivity index (χ1n) is 7.68. The minimum atomic E-state index is -0.257. The zero-order valence-corrected chi connectivity index (χ0v) is 14.3. The maximum absolute atomic E-state index is 6.16. The molecule has 22 heavy (non-hydrogen) atoms. The van der Waals surface area contributed by atoms with Crippen molar-refractivity contribution in [3.8, 4) is 22.8 Å². The Labute approximate surface area is 133 Å². The van der Waals surface area contributed by atoms with Gasteiger partial charge in [0.2, 0.25) is 0 Å². The van der Waals surface area contributed by atoms with Crippen LogP contribution < -0.4 is 9.47 Å². The third-order valence-corrected chi connectivity index (χ3v) is 3.00. The predicted octanol–water partition coefficient (Wildman–Crippen LogP) is 5.02. The highest BCUT2D eigenvalue weighted by atomic mass is 16.5. The van der Waals surface area contributed by atoms with E-state index < -0.39 is 0 Å². The Kier molecular flexibility index (Phi) is 4.74. The van der Waals surface area contributed by atoms with Gasteiger partial charge in [-0.25, -0.2) is 0 Å². The summed E-state index contributed by atoms with van der Waals surface area (Å²) in [4.78, 5) is 4.49. The maximum Gasteiger partial charge on any atom is 0.132 e. The van der Waals surface area contributed by atoms with Crippen LogP contribution in [-0.2, 0) is 0 Å². The molecule has 1 aromatic heterocycles. The average molecular weight is 299 g/mol. The summed E-state index contributed by atoms with van der Waals surface area (Å²) >= 11 is 0. The second kappa shape index (κ2) is 6.39. The topological polar surface area (TPSA) is 31.4 Å². The Hall–Kier alpha value is -2.03. The van der Waals surface area contributed by atoms with Crippen LogP contribution >= 0.6 is 0 Å². The first-order valence-corrected chi connectivity index (χ1v) is 7.68. The van der Waals surface area contributed by atoms with Crippen LogP contribution in [0.2, 0.25) is 0 Å². The van der Waals surface area contributed by atoms with E-state index in [1.807, 2.05) is 38.1 Å². The molecule has 0 aliphatic carbocycles. The van der Waals surface area contributed by atoms with Crippen molar-refractivity contribution in [2.75, 3.05) is 0 Å². The first kappa shape index (κ1) is 16.3. The largest absolute Gasteiger partial charge is 0.491 e. The summed E-state index contributed by atoms with van der Waals surface area (Å²) in [7, 11) is 0. The van der Waals surface area contributed by atoms with Gasteiger partial charge in [0.25, 0.3) is 0 Å². The molecule has 0 radical (unpaired) electrons. The van der Waals surface area contributed by atoms with Crippen molar-refractivity contribution in [2.24, 2.45) is 0 Å². The van der Waals surface area contributed by atoms with E-state index in [0.717, 1.165) is 28.3 Å². The lowest BCUT2D eigenvalue weighted by molar-refractivity contribution is 0.130.